The number of nitrogens with one attached hydrogen (secondary N) is 1. The Labute approximate surface area is 119 Å². The largest absolute Gasteiger partial charge is 0.619 e. The summed E-state index contributed by atoms with van der Waals surface area (Å²) in [6, 6.07) is 0. The summed E-state index contributed by atoms with van der Waals surface area (Å²) in [5.74, 6) is 0. The molecule has 112 valence electrons. The number of rotatable bonds is 1. The average Bonchev–Trinajstić information content (AvgIpc) is 2.68. The number of quaternary nitrogens is 1. The predicted molar refractivity (Wildman–Crippen MR) is 74.2 cm³/mol. The van der Waals surface area contributed by atoms with Crippen LogP contribution in [0.4, 0.5) is 0 Å². The second-order valence-electron chi connectivity index (χ2n) is 6.62. The fraction of sp³-hybridized carbons (Fsp3) is 0.857. The van der Waals surface area contributed by atoms with Gasteiger partial charge in [-0.25, -0.2) is 0 Å². The third-order valence-corrected chi connectivity index (χ3v) is 5.41. The summed E-state index contributed by atoms with van der Waals surface area (Å²) in [6.07, 6.45) is 5.76. The number of aliphatic hydroxyl groups is 1. The molecule has 0 aromatic carbocycles. The fourth-order valence-electron chi connectivity index (χ4n) is 4.26. The minimum atomic E-state index is -1.33. The molecule has 2 aliphatic heterocycles. The summed E-state index contributed by atoms with van der Waals surface area (Å²) in [7, 11) is 0. The first-order chi connectivity index (χ1) is 9.52. The van der Waals surface area contributed by atoms with Crippen LogP contribution in [0.2, 0.25) is 0 Å². The molecule has 1 saturated heterocycles. The van der Waals surface area contributed by atoms with Crippen molar-refractivity contribution >= 4 is 11.4 Å². The lowest BCUT2D eigenvalue weighted by Gasteiger charge is -2.35. The van der Waals surface area contributed by atoms with E-state index in [1.165, 1.54) is 11.3 Å². The van der Waals surface area contributed by atoms with E-state index in [2.05, 4.69) is 5.16 Å². The molecule has 2 heterocycles. The highest BCUT2D eigenvalue weighted by atomic mass is 16.5. The van der Waals surface area contributed by atoms with Crippen molar-refractivity contribution in [2.75, 3.05) is 13.1 Å². The average molecular weight is 282 g/mol. The number of piperidine rings is 1. The molecule has 0 aromatic heterocycles. The van der Waals surface area contributed by atoms with Gasteiger partial charge in [0, 0.05) is 6.42 Å². The van der Waals surface area contributed by atoms with E-state index < -0.39 is 11.3 Å². The molecular formula is C14H24N3O3+. The van der Waals surface area contributed by atoms with Gasteiger partial charge in [0.2, 0.25) is 5.71 Å². The van der Waals surface area contributed by atoms with Gasteiger partial charge in [-0.15, -0.1) is 0 Å². The molecule has 6 heteroatoms. The van der Waals surface area contributed by atoms with Crippen molar-refractivity contribution in [3.05, 3.63) is 5.21 Å². The molecule has 0 aromatic rings. The van der Waals surface area contributed by atoms with Crippen LogP contribution in [0.25, 0.3) is 0 Å². The maximum absolute atomic E-state index is 12.8. The van der Waals surface area contributed by atoms with E-state index in [0.29, 0.717) is 30.7 Å². The van der Waals surface area contributed by atoms with Crippen molar-refractivity contribution in [2.45, 2.75) is 63.1 Å². The molecule has 3 N–H and O–H groups in total. The molecular weight excluding hydrogens is 258 g/mol. The Balaban J connectivity index is 1.98. The first-order valence-electron chi connectivity index (χ1n) is 7.65. The molecule has 20 heavy (non-hydrogen) atoms. The molecule has 3 aliphatic rings. The zero-order valence-corrected chi connectivity index (χ0v) is 12.1. The number of nitrogens with zero attached hydrogens (tertiary/aromatic N) is 2. The van der Waals surface area contributed by atoms with Crippen molar-refractivity contribution < 1.29 is 20.0 Å². The zero-order chi connectivity index (χ0) is 14.4. The molecule has 0 spiro atoms. The number of oxime groups is 1. The molecule has 0 radical (unpaired) electrons. The Morgan fingerprint density at radius 3 is 2.55 bits per heavy atom. The van der Waals surface area contributed by atoms with Gasteiger partial charge in [0.05, 0.1) is 25.7 Å². The van der Waals surface area contributed by atoms with E-state index in [0.717, 1.165) is 37.1 Å². The molecule has 2 atom stereocenters. The summed E-state index contributed by atoms with van der Waals surface area (Å²) < 4.78 is 1.04. The van der Waals surface area contributed by atoms with E-state index >= 15 is 0 Å². The predicted octanol–water partition coefficient (Wildman–Crippen LogP) is -0.128. The van der Waals surface area contributed by atoms with Crippen LogP contribution in [0.3, 0.4) is 0 Å². The summed E-state index contributed by atoms with van der Waals surface area (Å²) >= 11 is 0. The second-order valence-corrected chi connectivity index (χ2v) is 6.62. The van der Waals surface area contributed by atoms with Gasteiger partial charge in [-0.1, -0.05) is 5.16 Å². The Bertz CT molecular complexity index is 470. The second kappa shape index (κ2) is 4.70. The van der Waals surface area contributed by atoms with E-state index in [1.807, 2.05) is 6.92 Å². The van der Waals surface area contributed by atoms with Crippen molar-refractivity contribution in [1.29, 1.82) is 0 Å². The number of hydrogen-bond donors (Lipinski definition) is 3. The van der Waals surface area contributed by atoms with Crippen molar-refractivity contribution in [3.8, 4) is 0 Å². The monoisotopic (exact) mass is 282 g/mol. The zero-order valence-electron chi connectivity index (χ0n) is 12.1. The maximum atomic E-state index is 12.8. The van der Waals surface area contributed by atoms with Crippen LogP contribution in [-0.4, -0.2) is 50.8 Å². The van der Waals surface area contributed by atoms with Gasteiger partial charge in [-0.2, -0.15) is 4.74 Å². The Morgan fingerprint density at radius 2 is 1.90 bits per heavy atom. The first-order valence-corrected chi connectivity index (χ1v) is 7.65. The van der Waals surface area contributed by atoms with Gasteiger partial charge in [0.25, 0.3) is 5.66 Å². The highest BCUT2D eigenvalue weighted by Crippen LogP contribution is 2.36. The van der Waals surface area contributed by atoms with Crippen molar-refractivity contribution in [3.63, 3.8) is 0 Å². The van der Waals surface area contributed by atoms with Crippen LogP contribution >= 0.6 is 0 Å². The van der Waals surface area contributed by atoms with E-state index in [-0.39, 0.29) is 0 Å². The van der Waals surface area contributed by atoms with E-state index in [1.54, 1.807) is 0 Å². The van der Waals surface area contributed by atoms with Crippen LogP contribution < -0.4 is 4.90 Å². The maximum Gasteiger partial charge on any atom is 0.297 e. The normalized spacial score (nSPS) is 41.2. The van der Waals surface area contributed by atoms with Gasteiger partial charge in [-0.3, -0.25) is 4.90 Å². The van der Waals surface area contributed by atoms with Crippen LogP contribution in [0.1, 0.15) is 51.9 Å². The number of hydroxylamine groups is 1. The van der Waals surface area contributed by atoms with Gasteiger partial charge >= 0.3 is 0 Å². The molecule has 1 saturated carbocycles. The van der Waals surface area contributed by atoms with Crippen molar-refractivity contribution in [1.82, 2.24) is 0 Å². The molecule has 0 amide bonds. The summed E-state index contributed by atoms with van der Waals surface area (Å²) in [4.78, 5) is 1.26. The molecule has 6 nitrogen and oxygen atoms in total. The fourth-order valence-corrected chi connectivity index (χ4v) is 4.26. The lowest BCUT2D eigenvalue weighted by Crippen LogP contribution is -3.21. The Hall–Kier alpha value is -1.14. The molecule has 0 unspecified atom stereocenters. The lowest BCUT2D eigenvalue weighted by molar-refractivity contribution is -1.04. The van der Waals surface area contributed by atoms with Gasteiger partial charge in [-0.05, 0) is 32.1 Å². The Kier molecular flexibility index (Phi) is 3.25. The van der Waals surface area contributed by atoms with Crippen LogP contribution in [0, 0.1) is 5.21 Å². The molecule has 0 bridgehead atoms. The van der Waals surface area contributed by atoms with Gasteiger partial charge in [0.15, 0.2) is 5.60 Å². The highest BCUT2D eigenvalue weighted by Gasteiger charge is 2.64. The summed E-state index contributed by atoms with van der Waals surface area (Å²) in [5, 5.41) is 36.1. The summed E-state index contributed by atoms with van der Waals surface area (Å²) in [6.45, 7) is 3.90. The SMILES string of the molecule is C[C@@]1([NH+]2CCCCC2)C[C@]2(O)C(=[N+]1[O-])CCC/C2=N/O. The topological polar surface area (TPSA) is 83.3 Å². The minimum absolute atomic E-state index is 0.341. The van der Waals surface area contributed by atoms with E-state index in [4.69, 9.17) is 5.21 Å². The third-order valence-electron chi connectivity index (χ3n) is 5.41. The molecule has 3 rings (SSSR count). The number of likely N-dealkylation sites (tertiary alicyclic amines) is 1. The summed E-state index contributed by atoms with van der Waals surface area (Å²) in [5.41, 5.74) is -1.10. The quantitative estimate of drug-likeness (QED) is 0.271. The standard InChI is InChI=1S/C14H23N3O3/c1-13(16-8-3-2-4-9-16)10-14(18)11(15-19)6-5-7-12(14)17(13)20/h18-19H,2-10H2,1H3/p+1/b15-11-/t13-,14+/m0/s1. The molecule has 1 aliphatic carbocycles. The van der Waals surface area contributed by atoms with Crippen molar-refractivity contribution in [2.24, 2.45) is 5.16 Å². The third kappa shape index (κ3) is 1.78. The van der Waals surface area contributed by atoms with Crippen LogP contribution in [0.5, 0.6) is 0 Å². The van der Waals surface area contributed by atoms with Crippen LogP contribution in [-0.2, 0) is 0 Å². The number of hydrogen-bond acceptors (Lipinski definition) is 4. The first kappa shape index (κ1) is 13.8. The highest BCUT2D eigenvalue weighted by molar-refractivity contribution is 6.15. The van der Waals surface area contributed by atoms with Gasteiger partial charge in [0.1, 0.15) is 6.42 Å². The minimum Gasteiger partial charge on any atom is -0.619 e. The smallest absolute Gasteiger partial charge is 0.297 e. The van der Waals surface area contributed by atoms with Crippen LogP contribution in [0.15, 0.2) is 5.16 Å². The van der Waals surface area contributed by atoms with E-state index in [9.17, 15) is 10.3 Å². The Morgan fingerprint density at radius 1 is 1.20 bits per heavy atom. The number of fused-ring (bicyclic) bond motifs is 1. The lowest BCUT2D eigenvalue weighted by atomic mass is 9.78. The van der Waals surface area contributed by atoms with Gasteiger partial charge < -0.3 is 15.5 Å². The molecule has 2 fully saturated rings.